The second kappa shape index (κ2) is 8.05. The van der Waals surface area contributed by atoms with Gasteiger partial charge in [0.1, 0.15) is 0 Å². The maximum Gasteiger partial charge on any atom is 0.0639 e. The van der Waals surface area contributed by atoms with Crippen LogP contribution in [0.4, 0.5) is 0 Å². The molecule has 4 heteroatoms. The molecule has 0 aromatic rings. The molecule has 0 aliphatic carbocycles. The van der Waals surface area contributed by atoms with Crippen LogP contribution in [0.15, 0.2) is 0 Å². The van der Waals surface area contributed by atoms with E-state index in [4.69, 9.17) is 0 Å². The molecule has 0 saturated carbocycles. The van der Waals surface area contributed by atoms with E-state index in [0.29, 0.717) is 13.1 Å². The zero-order valence-corrected chi connectivity index (χ0v) is 10.5. The predicted octanol–water partition coefficient (Wildman–Crippen LogP) is 0.00170. The molecule has 0 saturated heterocycles. The smallest absolute Gasteiger partial charge is 0.0639 e. The number of aliphatic hydroxyl groups is 2. The molecule has 0 aliphatic rings. The van der Waals surface area contributed by atoms with Gasteiger partial charge in [0.15, 0.2) is 0 Å². The van der Waals surface area contributed by atoms with Crippen molar-refractivity contribution >= 4 is 0 Å². The van der Waals surface area contributed by atoms with E-state index in [1.807, 2.05) is 14.1 Å². The Labute approximate surface area is 93.5 Å². The Morgan fingerprint density at radius 1 is 0.933 bits per heavy atom. The van der Waals surface area contributed by atoms with Crippen LogP contribution in [0.3, 0.4) is 0 Å². The average Bonchev–Trinajstić information content (AvgIpc) is 2.00. The standard InChI is InChI=1S/C11H26N2O2/c1-10(14)8-13(9-11(2)15)7-5-6-12(3)4/h10-11,14-15H,5-9H2,1-4H3. The van der Waals surface area contributed by atoms with Gasteiger partial charge in [0.2, 0.25) is 0 Å². The highest BCUT2D eigenvalue weighted by Gasteiger charge is 2.10. The Balaban J connectivity index is 3.79. The number of hydrogen-bond acceptors (Lipinski definition) is 4. The molecular weight excluding hydrogens is 192 g/mol. The monoisotopic (exact) mass is 218 g/mol. The first kappa shape index (κ1) is 14.8. The largest absolute Gasteiger partial charge is 0.392 e. The third-order valence-electron chi connectivity index (χ3n) is 2.12. The molecule has 2 N–H and O–H groups in total. The molecule has 0 aromatic carbocycles. The van der Waals surface area contributed by atoms with Crippen LogP contribution in [0.5, 0.6) is 0 Å². The molecule has 0 radical (unpaired) electrons. The lowest BCUT2D eigenvalue weighted by molar-refractivity contribution is 0.0817. The summed E-state index contributed by atoms with van der Waals surface area (Å²) >= 11 is 0. The van der Waals surface area contributed by atoms with Gasteiger partial charge in [-0.15, -0.1) is 0 Å². The zero-order chi connectivity index (χ0) is 11.8. The van der Waals surface area contributed by atoms with Gasteiger partial charge in [-0.2, -0.15) is 0 Å². The van der Waals surface area contributed by atoms with Crippen molar-refractivity contribution < 1.29 is 10.2 Å². The van der Waals surface area contributed by atoms with Crippen LogP contribution >= 0.6 is 0 Å². The SMILES string of the molecule is CC(O)CN(CCCN(C)C)CC(C)O. The predicted molar refractivity (Wildman–Crippen MR) is 63.0 cm³/mol. The normalized spacial score (nSPS) is 16.0. The van der Waals surface area contributed by atoms with Gasteiger partial charge < -0.3 is 15.1 Å². The summed E-state index contributed by atoms with van der Waals surface area (Å²) < 4.78 is 0. The van der Waals surface area contributed by atoms with Crippen LogP contribution in [0.1, 0.15) is 20.3 Å². The lowest BCUT2D eigenvalue weighted by atomic mass is 10.2. The van der Waals surface area contributed by atoms with E-state index < -0.39 is 0 Å². The van der Waals surface area contributed by atoms with Crippen LogP contribution in [0, 0.1) is 0 Å². The summed E-state index contributed by atoms with van der Waals surface area (Å²) in [5.74, 6) is 0. The van der Waals surface area contributed by atoms with Gasteiger partial charge in [0.05, 0.1) is 12.2 Å². The van der Waals surface area contributed by atoms with Crippen LogP contribution in [0.25, 0.3) is 0 Å². The van der Waals surface area contributed by atoms with Gasteiger partial charge in [0.25, 0.3) is 0 Å². The van der Waals surface area contributed by atoms with E-state index in [-0.39, 0.29) is 12.2 Å². The minimum absolute atomic E-state index is 0.330. The zero-order valence-electron chi connectivity index (χ0n) is 10.5. The van der Waals surface area contributed by atoms with Crippen LogP contribution < -0.4 is 0 Å². The van der Waals surface area contributed by atoms with Gasteiger partial charge in [-0.1, -0.05) is 0 Å². The second-order valence-corrected chi connectivity index (χ2v) is 4.61. The number of nitrogens with zero attached hydrogens (tertiary/aromatic N) is 2. The van der Waals surface area contributed by atoms with E-state index in [1.54, 1.807) is 13.8 Å². The quantitative estimate of drug-likeness (QED) is 0.602. The summed E-state index contributed by atoms with van der Waals surface area (Å²) in [6.07, 6.45) is 0.401. The Bertz CT molecular complexity index is 140. The first-order valence-electron chi connectivity index (χ1n) is 5.65. The van der Waals surface area contributed by atoms with Gasteiger partial charge >= 0.3 is 0 Å². The van der Waals surface area contributed by atoms with E-state index in [9.17, 15) is 10.2 Å². The Hall–Kier alpha value is -0.160. The molecule has 92 valence electrons. The molecule has 2 atom stereocenters. The van der Waals surface area contributed by atoms with Gasteiger partial charge in [-0.3, -0.25) is 4.90 Å². The van der Waals surface area contributed by atoms with Crippen molar-refractivity contribution in [2.24, 2.45) is 0 Å². The van der Waals surface area contributed by atoms with Crippen LogP contribution in [0.2, 0.25) is 0 Å². The third kappa shape index (κ3) is 10.1. The highest BCUT2D eigenvalue weighted by Crippen LogP contribution is 1.98. The fourth-order valence-corrected chi connectivity index (χ4v) is 1.61. The second-order valence-electron chi connectivity index (χ2n) is 4.61. The maximum absolute atomic E-state index is 9.31. The molecule has 0 amide bonds. The Morgan fingerprint density at radius 2 is 1.40 bits per heavy atom. The van der Waals surface area contributed by atoms with E-state index in [2.05, 4.69) is 9.80 Å². The lowest BCUT2D eigenvalue weighted by Crippen LogP contribution is -2.37. The van der Waals surface area contributed by atoms with Crippen molar-refractivity contribution in [2.75, 3.05) is 40.3 Å². The highest BCUT2D eigenvalue weighted by atomic mass is 16.3. The highest BCUT2D eigenvalue weighted by molar-refractivity contribution is 4.65. The number of aliphatic hydroxyl groups excluding tert-OH is 2. The lowest BCUT2D eigenvalue weighted by Gasteiger charge is -2.25. The molecule has 0 heterocycles. The van der Waals surface area contributed by atoms with Crippen molar-refractivity contribution in [2.45, 2.75) is 32.5 Å². The maximum atomic E-state index is 9.31. The van der Waals surface area contributed by atoms with Crippen molar-refractivity contribution in [3.8, 4) is 0 Å². The van der Waals surface area contributed by atoms with Crippen molar-refractivity contribution in [3.63, 3.8) is 0 Å². The Morgan fingerprint density at radius 3 is 1.73 bits per heavy atom. The molecule has 0 aromatic heterocycles. The summed E-state index contributed by atoms with van der Waals surface area (Å²) in [7, 11) is 4.10. The van der Waals surface area contributed by atoms with Crippen LogP contribution in [-0.2, 0) is 0 Å². The van der Waals surface area contributed by atoms with E-state index in [1.165, 1.54) is 0 Å². The molecule has 0 aliphatic heterocycles. The summed E-state index contributed by atoms with van der Waals surface area (Å²) in [4.78, 5) is 4.25. The first-order valence-corrected chi connectivity index (χ1v) is 5.65. The first-order chi connectivity index (χ1) is 6.91. The molecule has 2 unspecified atom stereocenters. The van der Waals surface area contributed by atoms with E-state index >= 15 is 0 Å². The van der Waals surface area contributed by atoms with Crippen molar-refractivity contribution in [3.05, 3.63) is 0 Å². The molecule has 4 nitrogen and oxygen atoms in total. The number of hydrogen-bond donors (Lipinski definition) is 2. The minimum atomic E-state index is -0.330. The molecule has 15 heavy (non-hydrogen) atoms. The van der Waals surface area contributed by atoms with Gasteiger partial charge in [0, 0.05) is 13.1 Å². The topological polar surface area (TPSA) is 46.9 Å². The minimum Gasteiger partial charge on any atom is -0.392 e. The Kier molecular flexibility index (Phi) is 7.96. The molecular formula is C11H26N2O2. The van der Waals surface area contributed by atoms with E-state index in [0.717, 1.165) is 19.5 Å². The van der Waals surface area contributed by atoms with Crippen LogP contribution in [-0.4, -0.2) is 72.5 Å². The molecule has 0 bridgehead atoms. The van der Waals surface area contributed by atoms with Crippen molar-refractivity contribution in [1.82, 2.24) is 9.80 Å². The molecule has 0 rings (SSSR count). The summed E-state index contributed by atoms with van der Waals surface area (Å²) in [5.41, 5.74) is 0. The summed E-state index contributed by atoms with van der Waals surface area (Å²) in [6.45, 7) is 6.79. The summed E-state index contributed by atoms with van der Waals surface area (Å²) in [5, 5.41) is 18.6. The fourth-order valence-electron chi connectivity index (χ4n) is 1.61. The van der Waals surface area contributed by atoms with Gasteiger partial charge in [-0.25, -0.2) is 0 Å². The van der Waals surface area contributed by atoms with Gasteiger partial charge in [-0.05, 0) is 47.5 Å². The molecule has 0 fully saturated rings. The third-order valence-corrected chi connectivity index (χ3v) is 2.12. The summed E-state index contributed by atoms with van der Waals surface area (Å²) in [6, 6.07) is 0. The number of rotatable bonds is 8. The molecule has 0 spiro atoms. The average molecular weight is 218 g/mol. The fraction of sp³-hybridized carbons (Fsp3) is 1.00. The van der Waals surface area contributed by atoms with Crippen molar-refractivity contribution in [1.29, 1.82) is 0 Å².